The van der Waals surface area contributed by atoms with Crippen LogP contribution in [0.1, 0.15) is 17.5 Å². The third-order valence-corrected chi connectivity index (χ3v) is 3.95. The molecule has 0 aromatic heterocycles. The predicted octanol–water partition coefficient (Wildman–Crippen LogP) is 0.397. The van der Waals surface area contributed by atoms with Crippen LogP contribution in [-0.2, 0) is 22.6 Å². The van der Waals surface area contributed by atoms with Crippen LogP contribution >= 0.6 is 0 Å². The molecule has 1 unspecified atom stereocenters. The van der Waals surface area contributed by atoms with Gasteiger partial charge < -0.3 is 15.2 Å². The molecule has 3 rings (SSSR count). The summed E-state index contributed by atoms with van der Waals surface area (Å²) in [5, 5.41) is 11.7. The maximum atomic E-state index is 11.9. The lowest BCUT2D eigenvalue weighted by Gasteiger charge is -2.34. The molecule has 2 aliphatic rings. The maximum absolute atomic E-state index is 11.9. The topological polar surface area (TPSA) is 78.9 Å². The van der Waals surface area contributed by atoms with E-state index in [9.17, 15) is 9.59 Å². The van der Waals surface area contributed by atoms with Crippen LogP contribution in [0.25, 0.3) is 0 Å². The van der Waals surface area contributed by atoms with E-state index in [0.29, 0.717) is 26.2 Å². The molecule has 0 saturated carbocycles. The quantitative estimate of drug-likeness (QED) is 0.839. The van der Waals surface area contributed by atoms with E-state index in [1.165, 1.54) is 5.56 Å². The molecule has 1 fully saturated rings. The molecule has 0 radical (unpaired) electrons. The fourth-order valence-electron chi connectivity index (χ4n) is 2.91. The fraction of sp³-hybridized carbons (Fsp3) is 0.467. The molecule has 2 N–H and O–H groups in total. The van der Waals surface area contributed by atoms with Gasteiger partial charge in [-0.1, -0.05) is 12.1 Å². The summed E-state index contributed by atoms with van der Waals surface area (Å²) < 4.78 is 5.48. The van der Waals surface area contributed by atoms with Gasteiger partial charge in [-0.25, -0.2) is 0 Å². The van der Waals surface area contributed by atoms with E-state index in [1.807, 2.05) is 17.0 Å². The van der Waals surface area contributed by atoms with Gasteiger partial charge in [-0.15, -0.1) is 0 Å². The first kappa shape index (κ1) is 13.9. The first-order valence-electron chi connectivity index (χ1n) is 7.11. The average molecular weight is 290 g/mol. The minimum Gasteiger partial charge on any atom is -0.493 e. The molecule has 6 heteroatoms. The van der Waals surface area contributed by atoms with Gasteiger partial charge in [0.1, 0.15) is 11.8 Å². The number of aliphatic carboxylic acids is 1. The number of nitrogens with one attached hydrogen (secondary N) is 1. The highest BCUT2D eigenvalue weighted by atomic mass is 16.5. The molecule has 21 heavy (non-hydrogen) atoms. The fourth-order valence-corrected chi connectivity index (χ4v) is 2.91. The number of carboxylic acids is 1. The van der Waals surface area contributed by atoms with Crippen LogP contribution in [0.15, 0.2) is 18.2 Å². The SMILES string of the molecule is O=C(O)CC1C(=O)NCCN1Cc1ccc2c(c1)CCO2. The first-order valence-corrected chi connectivity index (χ1v) is 7.11. The second-order valence-corrected chi connectivity index (χ2v) is 5.42. The summed E-state index contributed by atoms with van der Waals surface area (Å²) in [6.45, 7) is 2.52. The number of rotatable bonds is 4. The maximum Gasteiger partial charge on any atom is 0.305 e. The van der Waals surface area contributed by atoms with Crippen molar-refractivity contribution in [3.63, 3.8) is 0 Å². The molecular weight excluding hydrogens is 272 g/mol. The Morgan fingerprint density at radius 1 is 1.48 bits per heavy atom. The summed E-state index contributed by atoms with van der Waals surface area (Å²) in [6, 6.07) is 5.43. The number of amides is 1. The van der Waals surface area contributed by atoms with Crippen molar-refractivity contribution >= 4 is 11.9 Å². The molecular formula is C15H18N2O4. The van der Waals surface area contributed by atoms with Crippen LogP contribution in [-0.4, -0.2) is 47.6 Å². The van der Waals surface area contributed by atoms with Crippen molar-refractivity contribution in [3.8, 4) is 5.75 Å². The van der Waals surface area contributed by atoms with Gasteiger partial charge in [-0.2, -0.15) is 0 Å². The molecule has 2 heterocycles. The molecule has 6 nitrogen and oxygen atoms in total. The van der Waals surface area contributed by atoms with Gasteiger partial charge in [0.05, 0.1) is 13.0 Å². The van der Waals surface area contributed by atoms with Gasteiger partial charge >= 0.3 is 5.97 Å². The molecule has 1 saturated heterocycles. The summed E-state index contributed by atoms with van der Waals surface area (Å²) in [6.07, 6.45) is 0.738. The Balaban J connectivity index is 1.75. The van der Waals surface area contributed by atoms with Crippen LogP contribution in [0.5, 0.6) is 5.75 Å². The van der Waals surface area contributed by atoms with Gasteiger partial charge in [0.15, 0.2) is 0 Å². The normalized spacial score (nSPS) is 21.5. The van der Waals surface area contributed by atoms with E-state index in [0.717, 1.165) is 17.7 Å². The third kappa shape index (κ3) is 3.00. The van der Waals surface area contributed by atoms with Crippen LogP contribution in [0.4, 0.5) is 0 Å². The molecule has 112 valence electrons. The van der Waals surface area contributed by atoms with Gasteiger partial charge in [0.2, 0.25) is 5.91 Å². The van der Waals surface area contributed by atoms with Crippen LogP contribution in [0, 0.1) is 0 Å². The second kappa shape index (κ2) is 5.73. The summed E-state index contributed by atoms with van der Waals surface area (Å²) in [5.74, 6) is -0.227. The molecule has 0 aliphatic carbocycles. The zero-order chi connectivity index (χ0) is 14.8. The highest BCUT2D eigenvalue weighted by Crippen LogP contribution is 2.26. The van der Waals surface area contributed by atoms with Crippen molar-refractivity contribution in [1.29, 1.82) is 0 Å². The molecule has 2 aliphatic heterocycles. The van der Waals surface area contributed by atoms with E-state index in [2.05, 4.69) is 11.4 Å². The van der Waals surface area contributed by atoms with E-state index in [1.54, 1.807) is 0 Å². The Labute approximate surface area is 122 Å². The minimum absolute atomic E-state index is 0.167. The molecule has 1 atom stereocenters. The smallest absolute Gasteiger partial charge is 0.305 e. The summed E-state index contributed by atoms with van der Waals surface area (Å²) in [4.78, 5) is 24.8. The van der Waals surface area contributed by atoms with Crippen LogP contribution in [0.3, 0.4) is 0 Å². The van der Waals surface area contributed by atoms with Crippen molar-refractivity contribution in [1.82, 2.24) is 10.2 Å². The minimum atomic E-state index is -0.954. The first-order chi connectivity index (χ1) is 10.1. The van der Waals surface area contributed by atoms with E-state index >= 15 is 0 Å². The van der Waals surface area contributed by atoms with E-state index in [-0.39, 0.29) is 12.3 Å². The average Bonchev–Trinajstić information content (AvgIpc) is 2.90. The van der Waals surface area contributed by atoms with Gasteiger partial charge in [-0.05, 0) is 17.2 Å². The lowest BCUT2D eigenvalue weighted by Crippen LogP contribution is -2.55. The summed E-state index contributed by atoms with van der Waals surface area (Å²) in [7, 11) is 0. The Morgan fingerprint density at radius 2 is 2.33 bits per heavy atom. The summed E-state index contributed by atoms with van der Waals surface area (Å²) >= 11 is 0. The number of carboxylic acid groups (broad SMARTS) is 1. The molecule has 1 aromatic carbocycles. The van der Waals surface area contributed by atoms with Crippen LogP contribution in [0.2, 0.25) is 0 Å². The van der Waals surface area contributed by atoms with Crippen molar-refractivity contribution in [2.75, 3.05) is 19.7 Å². The Morgan fingerprint density at radius 3 is 3.14 bits per heavy atom. The van der Waals surface area contributed by atoms with Crippen molar-refractivity contribution in [2.24, 2.45) is 0 Å². The summed E-state index contributed by atoms with van der Waals surface area (Å²) in [5.41, 5.74) is 2.27. The number of piperazine rings is 1. The number of fused-ring (bicyclic) bond motifs is 1. The number of carbonyl (C=O) groups excluding carboxylic acids is 1. The van der Waals surface area contributed by atoms with E-state index in [4.69, 9.17) is 9.84 Å². The molecule has 1 aromatic rings. The van der Waals surface area contributed by atoms with Gasteiger partial charge in [0.25, 0.3) is 0 Å². The highest BCUT2D eigenvalue weighted by Gasteiger charge is 2.31. The number of hydrogen-bond donors (Lipinski definition) is 2. The number of ether oxygens (including phenoxy) is 1. The van der Waals surface area contributed by atoms with Gasteiger partial charge in [0, 0.05) is 26.1 Å². The van der Waals surface area contributed by atoms with Gasteiger partial charge in [-0.3, -0.25) is 14.5 Å². The lowest BCUT2D eigenvalue weighted by molar-refractivity contribution is -0.143. The number of benzene rings is 1. The van der Waals surface area contributed by atoms with Crippen LogP contribution < -0.4 is 10.1 Å². The zero-order valence-electron chi connectivity index (χ0n) is 11.7. The standard InChI is InChI=1S/C15H18N2O4/c18-14(19)8-12-15(20)16-4-5-17(12)9-10-1-2-13-11(7-10)3-6-21-13/h1-2,7,12H,3-6,8-9H2,(H,16,20)(H,18,19). The second-order valence-electron chi connectivity index (χ2n) is 5.42. The largest absolute Gasteiger partial charge is 0.493 e. The third-order valence-electron chi connectivity index (χ3n) is 3.95. The lowest BCUT2D eigenvalue weighted by atomic mass is 10.0. The zero-order valence-corrected chi connectivity index (χ0v) is 11.7. The number of hydrogen-bond acceptors (Lipinski definition) is 4. The Bertz CT molecular complexity index is 573. The van der Waals surface area contributed by atoms with E-state index < -0.39 is 12.0 Å². The van der Waals surface area contributed by atoms with Crippen molar-refractivity contribution < 1.29 is 19.4 Å². The monoisotopic (exact) mass is 290 g/mol. The van der Waals surface area contributed by atoms with Crippen molar-refractivity contribution in [2.45, 2.75) is 25.4 Å². The predicted molar refractivity (Wildman–Crippen MR) is 75.1 cm³/mol. The Hall–Kier alpha value is -2.08. The highest BCUT2D eigenvalue weighted by molar-refractivity contribution is 5.86. The number of nitrogens with zero attached hydrogens (tertiary/aromatic N) is 1. The molecule has 0 bridgehead atoms. The molecule has 1 amide bonds. The molecule has 0 spiro atoms. The van der Waals surface area contributed by atoms with Crippen molar-refractivity contribution in [3.05, 3.63) is 29.3 Å². The number of carbonyl (C=O) groups is 2. The Kier molecular flexibility index (Phi) is 3.79.